The zero-order valence-corrected chi connectivity index (χ0v) is 10.3. The van der Waals surface area contributed by atoms with Gasteiger partial charge in [0, 0.05) is 11.3 Å². The van der Waals surface area contributed by atoms with Gasteiger partial charge in [0.2, 0.25) is 0 Å². The number of hydrogen-bond acceptors (Lipinski definition) is 3. The van der Waals surface area contributed by atoms with E-state index in [4.69, 9.17) is 5.26 Å². The average Bonchev–Trinajstić information content (AvgIpc) is 2.41. The fourth-order valence-corrected chi connectivity index (χ4v) is 1.66. The third-order valence-corrected chi connectivity index (χ3v) is 2.67. The van der Waals surface area contributed by atoms with Crippen molar-refractivity contribution in [2.24, 2.45) is 0 Å². The van der Waals surface area contributed by atoms with Crippen molar-refractivity contribution in [2.45, 2.75) is 6.92 Å². The van der Waals surface area contributed by atoms with Crippen molar-refractivity contribution in [1.82, 2.24) is 0 Å². The Morgan fingerprint density at radius 1 is 1.21 bits per heavy atom. The van der Waals surface area contributed by atoms with Gasteiger partial charge in [-0.2, -0.15) is 5.26 Å². The number of nitrogens with zero attached hydrogens (tertiary/aromatic N) is 1. The molecule has 19 heavy (non-hydrogen) atoms. The number of nitrogens with one attached hydrogen (secondary N) is 1. The third-order valence-electron chi connectivity index (χ3n) is 2.67. The lowest BCUT2D eigenvalue weighted by molar-refractivity contribution is 0.101. The van der Waals surface area contributed by atoms with Crippen LogP contribution in [0.2, 0.25) is 0 Å². The zero-order valence-electron chi connectivity index (χ0n) is 10.3. The molecule has 2 rings (SSSR count). The van der Waals surface area contributed by atoms with E-state index in [0.717, 1.165) is 5.69 Å². The minimum absolute atomic E-state index is 0.00829. The molecule has 0 aliphatic carbocycles. The lowest BCUT2D eigenvalue weighted by atomic mass is 10.1. The third kappa shape index (κ3) is 2.96. The number of Topliss-reactive ketones (excluding diaryl/α,β-unsaturated/α-hetero) is 1. The largest absolute Gasteiger partial charge is 0.354 e. The van der Waals surface area contributed by atoms with Crippen molar-refractivity contribution in [2.75, 3.05) is 5.32 Å². The van der Waals surface area contributed by atoms with Gasteiger partial charge in [0.15, 0.2) is 5.78 Å². The van der Waals surface area contributed by atoms with Crippen molar-refractivity contribution >= 4 is 17.2 Å². The Morgan fingerprint density at radius 2 is 1.89 bits per heavy atom. The van der Waals surface area contributed by atoms with Crippen LogP contribution in [-0.2, 0) is 0 Å². The monoisotopic (exact) mass is 254 g/mol. The number of carbonyl (C=O) groups is 1. The number of nitriles is 1. The van der Waals surface area contributed by atoms with Crippen molar-refractivity contribution in [1.29, 1.82) is 5.26 Å². The van der Waals surface area contributed by atoms with E-state index in [-0.39, 0.29) is 11.3 Å². The first kappa shape index (κ1) is 12.8. The molecule has 4 heteroatoms. The van der Waals surface area contributed by atoms with Gasteiger partial charge in [0.1, 0.15) is 11.9 Å². The molecule has 0 aliphatic rings. The lowest BCUT2D eigenvalue weighted by Crippen LogP contribution is -1.96. The fraction of sp³-hybridized carbons (Fsp3) is 0.0667. The molecule has 0 heterocycles. The molecule has 0 atom stereocenters. The van der Waals surface area contributed by atoms with Crippen LogP contribution in [0.15, 0.2) is 42.5 Å². The van der Waals surface area contributed by atoms with Crippen LogP contribution in [0.3, 0.4) is 0 Å². The van der Waals surface area contributed by atoms with E-state index >= 15 is 0 Å². The summed E-state index contributed by atoms with van der Waals surface area (Å²) in [6, 6.07) is 12.8. The van der Waals surface area contributed by atoms with Gasteiger partial charge in [0.25, 0.3) is 0 Å². The van der Waals surface area contributed by atoms with Crippen LogP contribution in [-0.4, -0.2) is 5.78 Å². The number of benzene rings is 2. The summed E-state index contributed by atoms with van der Waals surface area (Å²) < 4.78 is 13.0. The van der Waals surface area contributed by atoms with Crippen LogP contribution >= 0.6 is 0 Å². The summed E-state index contributed by atoms with van der Waals surface area (Å²) in [6.07, 6.45) is 0. The fourth-order valence-electron chi connectivity index (χ4n) is 1.66. The number of ketones is 1. The molecule has 0 aliphatic heterocycles. The number of halogens is 1. The van der Waals surface area contributed by atoms with E-state index in [9.17, 15) is 9.18 Å². The molecule has 0 saturated heterocycles. The second kappa shape index (κ2) is 5.32. The van der Waals surface area contributed by atoms with Crippen molar-refractivity contribution < 1.29 is 9.18 Å². The van der Waals surface area contributed by atoms with E-state index in [1.54, 1.807) is 24.3 Å². The van der Waals surface area contributed by atoms with E-state index < -0.39 is 5.82 Å². The molecule has 0 aromatic heterocycles. The maximum Gasteiger partial charge on any atom is 0.159 e. The first-order valence-electron chi connectivity index (χ1n) is 5.68. The van der Waals surface area contributed by atoms with E-state index in [1.165, 1.54) is 25.1 Å². The van der Waals surface area contributed by atoms with Crippen LogP contribution in [0.4, 0.5) is 15.8 Å². The molecule has 1 N–H and O–H groups in total. The molecule has 3 nitrogen and oxygen atoms in total. The minimum atomic E-state index is -0.450. The number of anilines is 2. The molecule has 0 spiro atoms. The highest BCUT2D eigenvalue weighted by Gasteiger charge is 2.04. The van der Waals surface area contributed by atoms with E-state index in [1.807, 2.05) is 6.07 Å². The highest BCUT2D eigenvalue weighted by atomic mass is 19.1. The van der Waals surface area contributed by atoms with Crippen LogP contribution in [0, 0.1) is 17.1 Å². The normalized spacial score (nSPS) is 9.74. The summed E-state index contributed by atoms with van der Waals surface area (Å²) in [7, 11) is 0. The van der Waals surface area contributed by atoms with E-state index in [0.29, 0.717) is 11.3 Å². The van der Waals surface area contributed by atoms with Gasteiger partial charge in [-0.25, -0.2) is 4.39 Å². The van der Waals surface area contributed by atoms with Crippen LogP contribution in [0.5, 0.6) is 0 Å². The first-order chi connectivity index (χ1) is 9.10. The Balaban J connectivity index is 2.26. The molecule has 0 unspecified atom stereocenters. The predicted molar refractivity (Wildman–Crippen MR) is 70.8 cm³/mol. The van der Waals surface area contributed by atoms with Crippen LogP contribution in [0.1, 0.15) is 22.8 Å². The molecule has 0 fully saturated rings. The summed E-state index contributed by atoms with van der Waals surface area (Å²) in [5.74, 6) is -0.458. The lowest BCUT2D eigenvalue weighted by Gasteiger charge is -2.08. The zero-order chi connectivity index (χ0) is 13.8. The predicted octanol–water partition coefficient (Wildman–Crippen LogP) is 3.64. The molecule has 2 aromatic rings. The minimum Gasteiger partial charge on any atom is -0.354 e. The summed E-state index contributed by atoms with van der Waals surface area (Å²) >= 11 is 0. The van der Waals surface area contributed by atoms with Crippen molar-refractivity contribution in [3.8, 4) is 6.07 Å². The average molecular weight is 254 g/mol. The highest BCUT2D eigenvalue weighted by molar-refractivity contribution is 5.94. The summed E-state index contributed by atoms with van der Waals surface area (Å²) in [5, 5.41) is 12.0. The maximum absolute atomic E-state index is 13.0. The maximum atomic E-state index is 13.0. The molecular weight excluding hydrogens is 243 g/mol. The van der Waals surface area contributed by atoms with Crippen LogP contribution in [0.25, 0.3) is 0 Å². The smallest absolute Gasteiger partial charge is 0.159 e. The molecule has 94 valence electrons. The van der Waals surface area contributed by atoms with Gasteiger partial charge in [-0.3, -0.25) is 4.79 Å². The summed E-state index contributed by atoms with van der Waals surface area (Å²) in [5.41, 5.74) is 2.10. The Bertz CT molecular complexity index is 657. The highest BCUT2D eigenvalue weighted by Crippen LogP contribution is 2.21. The van der Waals surface area contributed by atoms with Crippen LogP contribution < -0.4 is 5.32 Å². The Kier molecular flexibility index (Phi) is 3.58. The molecule has 0 saturated carbocycles. The molecule has 0 radical (unpaired) electrons. The molecule has 0 bridgehead atoms. The number of carbonyl (C=O) groups excluding carboxylic acids is 1. The Labute approximate surface area is 110 Å². The van der Waals surface area contributed by atoms with Crippen molar-refractivity contribution in [3.63, 3.8) is 0 Å². The van der Waals surface area contributed by atoms with Gasteiger partial charge in [-0.15, -0.1) is 0 Å². The number of hydrogen-bond donors (Lipinski definition) is 1. The Hall–Kier alpha value is -2.67. The van der Waals surface area contributed by atoms with E-state index in [2.05, 4.69) is 5.32 Å². The summed E-state index contributed by atoms with van der Waals surface area (Å²) in [4.78, 5) is 11.1. The second-order valence-electron chi connectivity index (χ2n) is 4.06. The topological polar surface area (TPSA) is 52.9 Å². The second-order valence-corrected chi connectivity index (χ2v) is 4.06. The SMILES string of the molecule is CC(=O)c1ccc(Nc2ccc(F)cc2C#N)cc1. The van der Waals surface area contributed by atoms with Gasteiger partial charge >= 0.3 is 0 Å². The first-order valence-corrected chi connectivity index (χ1v) is 5.68. The van der Waals surface area contributed by atoms with Gasteiger partial charge in [-0.05, 0) is 49.4 Å². The standard InChI is InChI=1S/C15H11FN2O/c1-10(19)11-2-5-14(6-3-11)18-15-7-4-13(16)8-12(15)9-17/h2-8,18H,1H3. The molecule has 2 aromatic carbocycles. The summed E-state index contributed by atoms with van der Waals surface area (Å²) in [6.45, 7) is 1.50. The van der Waals surface area contributed by atoms with Crippen molar-refractivity contribution in [3.05, 3.63) is 59.4 Å². The van der Waals surface area contributed by atoms with Gasteiger partial charge in [0.05, 0.1) is 11.3 Å². The quantitative estimate of drug-likeness (QED) is 0.851. The molecule has 0 amide bonds. The van der Waals surface area contributed by atoms with Gasteiger partial charge in [-0.1, -0.05) is 0 Å². The van der Waals surface area contributed by atoms with Gasteiger partial charge < -0.3 is 5.32 Å². The number of rotatable bonds is 3. The Morgan fingerprint density at radius 3 is 2.47 bits per heavy atom. The molecular formula is C15H11FN2O.